The molecule has 0 fully saturated rings. The molecule has 0 aliphatic rings. The molecule has 0 amide bonds. The number of ether oxygens (including phenoxy) is 1. The Hall–Kier alpha value is -3.07. The van der Waals surface area contributed by atoms with Crippen molar-refractivity contribution in [2.24, 2.45) is 0 Å². The van der Waals surface area contributed by atoms with E-state index in [1.807, 2.05) is 6.07 Å². The van der Waals surface area contributed by atoms with Gasteiger partial charge >= 0.3 is 5.97 Å². The Morgan fingerprint density at radius 3 is 2.89 bits per heavy atom. The molecule has 6 heteroatoms. The Kier molecular flexibility index (Phi) is 3.30. The highest BCUT2D eigenvalue weighted by Gasteiger charge is 2.14. The van der Waals surface area contributed by atoms with Crippen molar-refractivity contribution >= 4 is 11.7 Å². The molecule has 1 aromatic heterocycles. The molecule has 0 spiro atoms. The monoisotopic (exact) mass is 255 g/mol. The number of aromatic nitrogens is 1. The summed E-state index contributed by atoms with van der Waals surface area (Å²) in [5, 5.41) is 17.8. The minimum absolute atomic E-state index is 0.0724. The Labute approximate surface area is 108 Å². The van der Waals surface area contributed by atoms with Crippen LogP contribution in [0, 0.1) is 11.3 Å². The lowest BCUT2D eigenvalue weighted by atomic mass is 10.2. The number of hydrogen-bond acceptors (Lipinski definition) is 5. The van der Waals surface area contributed by atoms with Gasteiger partial charge in [-0.05, 0) is 24.3 Å². The predicted octanol–water partition coefficient (Wildman–Crippen LogP) is 2.03. The highest BCUT2D eigenvalue weighted by Crippen LogP contribution is 2.25. The van der Waals surface area contributed by atoms with E-state index in [4.69, 9.17) is 20.8 Å². The number of carboxylic acids is 1. The van der Waals surface area contributed by atoms with Gasteiger partial charge in [0.15, 0.2) is 0 Å². The summed E-state index contributed by atoms with van der Waals surface area (Å²) in [6.07, 6.45) is 1.30. The second kappa shape index (κ2) is 5.06. The number of benzene rings is 1. The molecule has 2 rings (SSSR count). The average molecular weight is 255 g/mol. The lowest BCUT2D eigenvalue weighted by molar-refractivity contribution is 0.0693. The SMILES string of the molecule is N#Cc1cccc(Oc2ncc(N)cc2C(=O)O)c1. The Bertz CT molecular complexity index is 677. The third-order valence-electron chi connectivity index (χ3n) is 2.28. The zero-order valence-electron chi connectivity index (χ0n) is 9.70. The smallest absolute Gasteiger partial charge is 0.341 e. The van der Waals surface area contributed by atoms with Crippen LogP contribution in [0.2, 0.25) is 0 Å². The fourth-order valence-electron chi connectivity index (χ4n) is 1.44. The molecule has 1 aromatic carbocycles. The van der Waals surface area contributed by atoms with Gasteiger partial charge in [-0.15, -0.1) is 0 Å². The molecule has 0 saturated carbocycles. The summed E-state index contributed by atoms with van der Waals surface area (Å²) in [4.78, 5) is 14.9. The lowest BCUT2D eigenvalue weighted by Crippen LogP contribution is -2.03. The zero-order chi connectivity index (χ0) is 13.8. The summed E-state index contributed by atoms with van der Waals surface area (Å²) in [5.41, 5.74) is 5.98. The van der Waals surface area contributed by atoms with E-state index >= 15 is 0 Å². The molecule has 6 nitrogen and oxygen atoms in total. The Morgan fingerprint density at radius 1 is 1.42 bits per heavy atom. The topological polar surface area (TPSA) is 109 Å². The van der Waals surface area contributed by atoms with E-state index in [9.17, 15) is 4.79 Å². The number of carbonyl (C=O) groups is 1. The lowest BCUT2D eigenvalue weighted by Gasteiger charge is -2.08. The standard InChI is InChI=1S/C13H9N3O3/c14-6-8-2-1-3-10(4-8)19-12-11(13(17)18)5-9(15)7-16-12/h1-5,7H,15H2,(H,17,18). The molecule has 0 saturated heterocycles. The summed E-state index contributed by atoms with van der Waals surface area (Å²) in [7, 11) is 0. The van der Waals surface area contributed by atoms with E-state index in [-0.39, 0.29) is 17.1 Å². The van der Waals surface area contributed by atoms with Crippen LogP contribution in [0.3, 0.4) is 0 Å². The van der Waals surface area contributed by atoms with E-state index in [2.05, 4.69) is 4.98 Å². The van der Waals surface area contributed by atoms with E-state index in [0.29, 0.717) is 11.3 Å². The normalized spacial score (nSPS) is 9.63. The van der Waals surface area contributed by atoms with Crippen molar-refractivity contribution in [3.8, 4) is 17.7 Å². The van der Waals surface area contributed by atoms with Crippen LogP contribution in [0.5, 0.6) is 11.6 Å². The fourth-order valence-corrected chi connectivity index (χ4v) is 1.44. The number of nitrogen functional groups attached to an aromatic ring is 1. The van der Waals surface area contributed by atoms with Crippen LogP contribution in [0.4, 0.5) is 5.69 Å². The van der Waals surface area contributed by atoms with Gasteiger partial charge in [0, 0.05) is 0 Å². The Morgan fingerprint density at radius 2 is 2.21 bits per heavy atom. The molecule has 0 bridgehead atoms. The summed E-state index contributed by atoms with van der Waals surface area (Å²) < 4.78 is 5.37. The van der Waals surface area contributed by atoms with Crippen molar-refractivity contribution in [2.45, 2.75) is 0 Å². The van der Waals surface area contributed by atoms with Crippen LogP contribution >= 0.6 is 0 Å². The number of anilines is 1. The molecule has 0 aliphatic carbocycles. The van der Waals surface area contributed by atoms with Gasteiger partial charge in [-0.2, -0.15) is 5.26 Å². The molecule has 0 unspecified atom stereocenters. The number of nitriles is 1. The minimum atomic E-state index is -1.19. The number of hydrogen-bond donors (Lipinski definition) is 2. The largest absolute Gasteiger partial charge is 0.477 e. The molecule has 1 heterocycles. The second-order valence-corrected chi connectivity index (χ2v) is 3.67. The number of rotatable bonds is 3. The van der Waals surface area contributed by atoms with Crippen LogP contribution in [0.15, 0.2) is 36.5 Å². The van der Waals surface area contributed by atoms with Crippen LogP contribution in [-0.4, -0.2) is 16.1 Å². The first-order valence-electron chi connectivity index (χ1n) is 5.27. The summed E-state index contributed by atoms with van der Waals surface area (Å²) >= 11 is 0. The van der Waals surface area contributed by atoms with Crippen LogP contribution in [0.1, 0.15) is 15.9 Å². The maximum atomic E-state index is 11.1. The van der Waals surface area contributed by atoms with Gasteiger partial charge in [0.1, 0.15) is 11.3 Å². The van der Waals surface area contributed by atoms with Crippen molar-refractivity contribution in [3.63, 3.8) is 0 Å². The van der Waals surface area contributed by atoms with E-state index < -0.39 is 5.97 Å². The van der Waals surface area contributed by atoms with E-state index in [0.717, 1.165) is 0 Å². The van der Waals surface area contributed by atoms with Crippen molar-refractivity contribution < 1.29 is 14.6 Å². The van der Waals surface area contributed by atoms with Gasteiger partial charge in [0.25, 0.3) is 0 Å². The Balaban J connectivity index is 2.38. The van der Waals surface area contributed by atoms with Gasteiger partial charge < -0.3 is 15.6 Å². The van der Waals surface area contributed by atoms with Gasteiger partial charge in [0.05, 0.1) is 23.5 Å². The quantitative estimate of drug-likeness (QED) is 0.868. The predicted molar refractivity (Wildman–Crippen MR) is 66.8 cm³/mol. The molecule has 0 aliphatic heterocycles. The highest BCUT2D eigenvalue weighted by atomic mass is 16.5. The maximum Gasteiger partial charge on any atom is 0.341 e. The molecule has 94 valence electrons. The zero-order valence-corrected chi connectivity index (χ0v) is 9.70. The second-order valence-electron chi connectivity index (χ2n) is 3.67. The number of nitrogens with zero attached hydrogens (tertiary/aromatic N) is 2. The molecule has 19 heavy (non-hydrogen) atoms. The number of carboxylic acid groups (broad SMARTS) is 1. The maximum absolute atomic E-state index is 11.1. The molecule has 3 N–H and O–H groups in total. The van der Waals surface area contributed by atoms with E-state index in [1.54, 1.807) is 18.2 Å². The van der Waals surface area contributed by atoms with Crippen molar-refractivity contribution in [1.29, 1.82) is 5.26 Å². The summed E-state index contributed by atoms with van der Waals surface area (Å²) in [5.74, 6) is -0.929. The van der Waals surface area contributed by atoms with Gasteiger partial charge in [-0.1, -0.05) is 6.07 Å². The van der Waals surface area contributed by atoms with Gasteiger partial charge in [0.2, 0.25) is 5.88 Å². The number of pyridine rings is 1. The number of nitrogens with two attached hydrogens (primary N) is 1. The summed E-state index contributed by atoms with van der Waals surface area (Å²) in [6, 6.07) is 9.56. The van der Waals surface area contributed by atoms with Crippen LogP contribution in [0.25, 0.3) is 0 Å². The van der Waals surface area contributed by atoms with E-state index in [1.165, 1.54) is 18.3 Å². The third kappa shape index (κ3) is 2.79. The third-order valence-corrected chi connectivity index (χ3v) is 2.28. The molecule has 0 atom stereocenters. The average Bonchev–Trinajstić information content (AvgIpc) is 2.41. The first-order chi connectivity index (χ1) is 9.10. The van der Waals surface area contributed by atoms with Crippen molar-refractivity contribution in [3.05, 3.63) is 47.7 Å². The highest BCUT2D eigenvalue weighted by molar-refractivity contribution is 5.91. The van der Waals surface area contributed by atoms with Crippen molar-refractivity contribution in [2.75, 3.05) is 5.73 Å². The number of aromatic carboxylic acids is 1. The van der Waals surface area contributed by atoms with Gasteiger partial charge in [-0.25, -0.2) is 9.78 Å². The minimum Gasteiger partial charge on any atom is -0.477 e. The molecule has 2 aromatic rings. The van der Waals surface area contributed by atoms with Crippen LogP contribution in [-0.2, 0) is 0 Å². The first kappa shape index (κ1) is 12.4. The van der Waals surface area contributed by atoms with Gasteiger partial charge in [-0.3, -0.25) is 0 Å². The van der Waals surface area contributed by atoms with Crippen molar-refractivity contribution in [1.82, 2.24) is 4.98 Å². The summed E-state index contributed by atoms with van der Waals surface area (Å²) in [6.45, 7) is 0. The first-order valence-corrected chi connectivity index (χ1v) is 5.27. The fraction of sp³-hybridized carbons (Fsp3) is 0. The molecular formula is C13H9N3O3. The van der Waals surface area contributed by atoms with Crippen LogP contribution < -0.4 is 10.5 Å². The molecular weight excluding hydrogens is 246 g/mol. The molecule has 0 radical (unpaired) electrons.